The number of rotatable bonds is 7. The fourth-order valence-electron chi connectivity index (χ4n) is 2.38. The molecule has 1 saturated carbocycles. The topological polar surface area (TPSA) is 121 Å². The number of carboxylic acids is 1. The van der Waals surface area contributed by atoms with Crippen LogP contribution >= 0.6 is 0 Å². The first-order chi connectivity index (χ1) is 10.5. The molecular weight excluding hydrogens is 290 g/mol. The Labute approximate surface area is 127 Å². The van der Waals surface area contributed by atoms with Gasteiger partial charge < -0.3 is 25.5 Å². The summed E-state index contributed by atoms with van der Waals surface area (Å²) in [6, 6.07) is 2.94. The monoisotopic (exact) mass is 309 g/mol. The average Bonchev–Trinajstić information content (AvgIpc) is 2.93. The lowest BCUT2D eigenvalue weighted by molar-refractivity contribution is -0.140. The van der Waals surface area contributed by atoms with Gasteiger partial charge in [0.1, 0.15) is 5.76 Å². The molecule has 1 aromatic heterocycles. The molecule has 22 heavy (non-hydrogen) atoms. The molecule has 1 aliphatic carbocycles. The molecule has 0 spiro atoms. The minimum atomic E-state index is -0.941. The van der Waals surface area contributed by atoms with E-state index in [-0.39, 0.29) is 19.5 Å². The van der Waals surface area contributed by atoms with Crippen LogP contribution < -0.4 is 16.0 Å². The Bertz CT molecular complexity index is 537. The summed E-state index contributed by atoms with van der Waals surface area (Å²) in [4.78, 5) is 34.1. The number of hydrogen-bond donors (Lipinski definition) is 4. The number of nitrogens with one attached hydrogen (secondary N) is 3. The highest BCUT2D eigenvalue weighted by Crippen LogP contribution is 2.34. The quantitative estimate of drug-likeness (QED) is 0.587. The van der Waals surface area contributed by atoms with Crippen molar-refractivity contribution in [3.05, 3.63) is 24.2 Å². The van der Waals surface area contributed by atoms with E-state index in [1.54, 1.807) is 12.1 Å². The number of furan rings is 1. The van der Waals surface area contributed by atoms with Gasteiger partial charge in [0, 0.05) is 0 Å². The third-order valence-electron chi connectivity index (χ3n) is 3.62. The number of aliphatic carboxylic acids is 1. The molecule has 0 saturated heterocycles. The van der Waals surface area contributed by atoms with Crippen molar-refractivity contribution in [2.45, 2.75) is 37.8 Å². The Kier molecular flexibility index (Phi) is 5.03. The van der Waals surface area contributed by atoms with Crippen LogP contribution in [0.4, 0.5) is 4.79 Å². The van der Waals surface area contributed by atoms with E-state index in [1.807, 2.05) is 0 Å². The lowest BCUT2D eigenvalue weighted by Gasteiger charge is -2.41. The Morgan fingerprint density at radius 2 is 2.05 bits per heavy atom. The maximum Gasteiger partial charge on any atom is 0.315 e. The molecule has 120 valence electrons. The molecule has 4 N–H and O–H groups in total. The van der Waals surface area contributed by atoms with Gasteiger partial charge in [0.2, 0.25) is 5.91 Å². The normalized spacial score (nSPS) is 15.5. The van der Waals surface area contributed by atoms with E-state index in [0.29, 0.717) is 18.6 Å². The second-order valence-corrected chi connectivity index (χ2v) is 5.37. The summed E-state index contributed by atoms with van der Waals surface area (Å²) in [5, 5.41) is 16.5. The highest BCUT2D eigenvalue weighted by atomic mass is 16.4. The van der Waals surface area contributed by atoms with Gasteiger partial charge in [-0.2, -0.15) is 0 Å². The Hall–Kier alpha value is -2.51. The number of hydrogen-bond acceptors (Lipinski definition) is 4. The second-order valence-electron chi connectivity index (χ2n) is 5.37. The van der Waals surface area contributed by atoms with Gasteiger partial charge in [-0.05, 0) is 31.4 Å². The van der Waals surface area contributed by atoms with Crippen LogP contribution in [-0.4, -0.2) is 35.1 Å². The third kappa shape index (κ3) is 4.51. The van der Waals surface area contributed by atoms with Crippen LogP contribution in [0.15, 0.2) is 22.8 Å². The second kappa shape index (κ2) is 6.97. The van der Waals surface area contributed by atoms with Gasteiger partial charge in [0.15, 0.2) is 0 Å². The summed E-state index contributed by atoms with van der Waals surface area (Å²) >= 11 is 0. The summed E-state index contributed by atoms with van der Waals surface area (Å²) in [5.74, 6) is -0.729. The zero-order chi connectivity index (χ0) is 16.0. The fraction of sp³-hybridized carbons (Fsp3) is 0.500. The largest absolute Gasteiger partial charge is 0.481 e. The highest BCUT2D eigenvalue weighted by Gasteiger charge is 2.40. The Balaban J connectivity index is 1.68. The van der Waals surface area contributed by atoms with Crippen molar-refractivity contribution in [1.29, 1.82) is 0 Å². The zero-order valence-corrected chi connectivity index (χ0v) is 12.1. The minimum absolute atomic E-state index is 0.0938. The molecule has 0 atom stereocenters. The van der Waals surface area contributed by atoms with Crippen molar-refractivity contribution in [1.82, 2.24) is 16.0 Å². The molecule has 3 amide bonds. The highest BCUT2D eigenvalue weighted by molar-refractivity contribution is 5.85. The molecule has 1 fully saturated rings. The minimum Gasteiger partial charge on any atom is -0.481 e. The molecule has 0 bridgehead atoms. The molecule has 0 aromatic carbocycles. The molecule has 0 aliphatic heterocycles. The van der Waals surface area contributed by atoms with Crippen molar-refractivity contribution in [2.75, 3.05) is 6.54 Å². The number of carboxylic acid groups (broad SMARTS) is 1. The zero-order valence-electron chi connectivity index (χ0n) is 12.1. The molecule has 2 rings (SSSR count). The Morgan fingerprint density at radius 1 is 1.27 bits per heavy atom. The molecule has 0 radical (unpaired) electrons. The van der Waals surface area contributed by atoms with Crippen LogP contribution in [0, 0.1) is 0 Å². The van der Waals surface area contributed by atoms with Gasteiger partial charge in [0.25, 0.3) is 0 Å². The fourth-order valence-corrected chi connectivity index (χ4v) is 2.38. The van der Waals surface area contributed by atoms with E-state index in [4.69, 9.17) is 9.52 Å². The van der Waals surface area contributed by atoms with Gasteiger partial charge in [-0.3, -0.25) is 9.59 Å². The number of urea groups is 1. The molecule has 8 nitrogen and oxygen atoms in total. The summed E-state index contributed by atoms with van der Waals surface area (Å²) in [6.07, 6.45) is 3.60. The van der Waals surface area contributed by atoms with Gasteiger partial charge in [-0.15, -0.1) is 0 Å². The lowest BCUT2D eigenvalue weighted by Crippen LogP contribution is -2.57. The molecule has 1 aliphatic rings. The van der Waals surface area contributed by atoms with Gasteiger partial charge in [0.05, 0.1) is 31.3 Å². The smallest absolute Gasteiger partial charge is 0.315 e. The van der Waals surface area contributed by atoms with Crippen molar-refractivity contribution < 1.29 is 23.9 Å². The SMILES string of the molecule is O=C(O)CC1(NC(=O)CNC(=O)NCc2ccco2)CCC1. The number of carbonyl (C=O) groups is 3. The Morgan fingerprint density at radius 3 is 2.59 bits per heavy atom. The van der Waals surface area contributed by atoms with Crippen molar-refractivity contribution in [2.24, 2.45) is 0 Å². The first-order valence-corrected chi connectivity index (χ1v) is 7.06. The predicted octanol–water partition coefficient (Wildman–Crippen LogP) is 0.592. The maximum atomic E-state index is 11.8. The first-order valence-electron chi connectivity index (χ1n) is 7.06. The van der Waals surface area contributed by atoms with E-state index in [2.05, 4.69) is 16.0 Å². The molecule has 1 heterocycles. The van der Waals surface area contributed by atoms with E-state index in [9.17, 15) is 14.4 Å². The molecule has 0 unspecified atom stereocenters. The van der Waals surface area contributed by atoms with Crippen LogP contribution in [0.1, 0.15) is 31.4 Å². The van der Waals surface area contributed by atoms with Gasteiger partial charge in [-0.1, -0.05) is 0 Å². The first kappa shape index (κ1) is 15.9. The van der Waals surface area contributed by atoms with E-state index in [1.165, 1.54) is 6.26 Å². The van der Waals surface area contributed by atoms with Crippen LogP contribution in [-0.2, 0) is 16.1 Å². The lowest BCUT2D eigenvalue weighted by atomic mass is 9.74. The van der Waals surface area contributed by atoms with Crippen molar-refractivity contribution >= 4 is 17.9 Å². The molecule has 1 aromatic rings. The van der Waals surface area contributed by atoms with Gasteiger partial charge in [-0.25, -0.2) is 4.79 Å². The summed E-state index contributed by atoms with van der Waals surface area (Å²) in [5.41, 5.74) is -0.657. The average molecular weight is 309 g/mol. The van der Waals surface area contributed by atoms with E-state index in [0.717, 1.165) is 6.42 Å². The van der Waals surface area contributed by atoms with Crippen LogP contribution in [0.25, 0.3) is 0 Å². The van der Waals surface area contributed by atoms with E-state index < -0.39 is 23.4 Å². The van der Waals surface area contributed by atoms with Gasteiger partial charge >= 0.3 is 12.0 Å². The van der Waals surface area contributed by atoms with Crippen molar-refractivity contribution in [3.63, 3.8) is 0 Å². The van der Waals surface area contributed by atoms with Crippen LogP contribution in [0.2, 0.25) is 0 Å². The predicted molar refractivity (Wildman–Crippen MR) is 75.9 cm³/mol. The number of carbonyl (C=O) groups excluding carboxylic acids is 2. The standard InChI is InChI=1S/C14H19N3O5/c18-11(17-14(4-2-5-14)7-12(19)20)9-16-13(21)15-8-10-3-1-6-22-10/h1,3,6H,2,4-5,7-9H2,(H,17,18)(H,19,20)(H2,15,16,21). The summed E-state index contributed by atoms with van der Waals surface area (Å²) < 4.78 is 5.06. The molecular formula is C14H19N3O5. The number of amides is 3. The maximum absolute atomic E-state index is 11.8. The van der Waals surface area contributed by atoms with Crippen LogP contribution in [0.3, 0.4) is 0 Å². The van der Waals surface area contributed by atoms with Crippen LogP contribution in [0.5, 0.6) is 0 Å². The summed E-state index contributed by atoms with van der Waals surface area (Å²) in [7, 11) is 0. The van der Waals surface area contributed by atoms with Crippen molar-refractivity contribution in [3.8, 4) is 0 Å². The third-order valence-corrected chi connectivity index (χ3v) is 3.62. The summed E-state index contributed by atoms with van der Waals surface area (Å²) in [6.45, 7) is 0.0226. The molecule has 8 heteroatoms. The van der Waals surface area contributed by atoms with E-state index >= 15 is 0 Å².